The maximum absolute atomic E-state index is 10.7. The summed E-state index contributed by atoms with van der Waals surface area (Å²) in [6.07, 6.45) is 5.89. The van der Waals surface area contributed by atoms with Crippen LogP contribution in [-0.2, 0) is 9.59 Å². The number of carbonyl (C=O) groups is 2. The standard InChI is InChI=1S/C10H17NO4/c1-2-3-4-5-6-8(10(14)15)11-7-9(12)13/h4-5,8,11H,2-3,6-7H2,1H3,(H,12,13)(H,14,15)/b5-4+. The van der Waals surface area contributed by atoms with E-state index in [9.17, 15) is 9.59 Å². The smallest absolute Gasteiger partial charge is 0.321 e. The van der Waals surface area contributed by atoms with Crippen LogP contribution in [0.15, 0.2) is 12.2 Å². The Hall–Kier alpha value is -1.36. The first-order valence-electron chi connectivity index (χ1n) is 4.91. The topological polar surface area (TPSA) is 86.6 Å². The summed E-state index contributed by atoms with van der Waals surface area (Å²) in [6.45, 7) is 1.69. The summed E-state index contributed by atoms with van der Waals surface area (Å²) in [5.41, 5.74) is 0. The van der Waals surface area contributed by atoms with Gasteiger partial charge >= 0.3 is 11.9 Å². The minimum Gasteiger partial charge on any atom is -0.480 e. The number of carboxylic acid groups (broad SMARTS) is 2. The third kappa shape index (κ3) is 7.69. The molecule has 0 aliphatic rings. The van der Waals surface area contributed by atoms with Gasteiger partial charge in [-0.15, -0.1) is 0 Å². The second-order valence-corrected chi connectivity index (χ2v) is 3.16. The fraction of sp³-hybridized carbons (Fsp3) is 0.600. The van der Waals surface area contributed by atoms with Gasteiger partial charge in [0.1, 0.15) is 6.04 Å². The fourth-order valence-corrected chi connectivity index (χ4v) is 0.999. The summed E-state index contributed by atoms with van der Waals surface area (Å²) in [4.78, 5) is 20.9. The highest BCUT2D eigenvalue weighted by molar-refractivity contribution is 5.75. The van der Waals surface area contributed by atoms with Gasteiger partial charge in [-0.3, -0.25) is 14.9 Å². The van der Waals surface area contributed by atoms with Crippen molar-refractivity contribution in [3.63, 3.8) is 0 Å². The molecule has 0 aromatic carbocycles. The number of unbranched alkanes of at least 4 members (excludes halogenated alkanes) is 1. The van der Waals surface area contributed by atoms with Gasteiger partial charge in [0, 0.05) is 0 Å². The summed E-state index contributed by atoms with van der Waals surface area (Å²) < 4.78 is 0. The third-order valence-electron chi connectivity index (χ3n) is 1.79. The van der Waals surface area contributed by atoms with E-state index in [0.717, 1.165) is 12.8 Å². The quantitative estimate of drug-likeness (QED) is 0.523. The predicted octanol–water partition coefficient (Wildman–Crippen LogP) is 0.860. The first-order valence-corrected chi connectivity index (χ1v) is 4.91. The van der Waals surface area contributed by atoms with Crippen LogP contribution < -0.4 is 5.32 Å². The highest BCUT2D eigenvalue weighted by Crippen LogP contribution is 1.97. The van der Waals surface area contributed by atoms with Gasteiger partial charge in [-0.25, -0.2) is 0 Å². The van der Waals surface area contributed by atoms with Crippen molar-refractivity contribution in [2.24, 2.45) is 0 Å². The van der Waals surface area contributed by atoms with Crippen molar-refractivity contribution in [1.29, 1.82) is 0 Å². The molecule has 3 N–H and O–H groups in total. The minimum absolute atomic E-state index is 0.308. The van der Waals surface area contributed by atoms with Gasteiger partial charge in [-0.2, -0.15) is 0 Å². The van der Waals surface area contributed by atoms with Gasteiger partial charge in [0.25, 0.3) is 0 Å². The van der Waals surface area contributed by atoms with Gasteiger partial charge < -0.3 is 10.2 Å². The van der Waals surface area contributed by atoms with E-state index in [1.54, 1.807) is 6.08 Å². The van der Waals surface area contributed by atoms with Crippen molar-refractivity contribution in [1.82, 2.24) is 5.32 Å². The van der Waals surface area contributed by atoms with Gasteiger partial charge in [0.15, 0.2) is 0 Å². The number of hydrogen-bond donors (Lipinski definition) is 3. The molecule has 0 fully saturated rings. The first-order chi connectivity index (χ1) is 7.07. The summed E-state index contributed by atoms with van der Waals surface area (Å²) in [5, 5.41) is 19.6. The lowest BCUT2D eigenvalue weighted by molar-refractivity contribution is -0.140. The van der Waals surface area contributed by atoms with Crippen LogP contribution in [-0.4, -0.2) is 34.7 Å². The number of hydrogen-bond acceptors (Lipinski definition) is 3. The largest absolute Gasteiger partial charge is 0.480 e. The number of aliphatic carboxylic acids is 2. The molecule has 15 heavy (non-hydrogen) atoms. The maximum Gasteiger partial charge on any atom is 0.321 e. The summed E-state index contributed by atoms with van der Waals surface area (Å²) in [5.74, 6) is -2.09. The predicted molar refractivity (Wildman–Crippen MR) is 55.7 cm³/mol. The lowest BCUT2D eigenvalue weighted by Crippen LogP contribution is -2.39. The van der Waals surface area contributed by atoms with Crippen molar-refractivity contribution >= 4 is 11.9 Å². The zero-order valence-corrected chi connectivity index (χ0v) is 8.77. The second kappa shape index (κ2) is 7.99. The maximum atomic E-state index is 10.7. The molecule has 1 atom stereocenters. The molecular formula is C10H17NO4. The Morgan fingerprint density at radius 3 is 2.47 bits per heavy atom. The number of nitrogens with one attached hydrogen (secondary N) is 1. The molecule has 5 heteroatoms. The Labute approximate surface area is 88.8 Å². The molecule has 0 aliphatic carbocycles. The Morgan fingerprint density at radius 1 is 1.33 bits per heavy atom. The van der Waals surface area contributed by atoms with E-state index in [1.807, 2.05) is 13.0 Å². The molecule has 0 amide bonds. The summed E-state index contributed by atoms with van der Waals surface area (Å²) in [6, 6.07) is -0.825. The van der Waals surface area contributed by atoms with Gasteiger partial charge in [0.2, 0.25) is 0 Å². The highest BCUT2D eigenvalue weighted by atomic mass is 16.4. The van der Waals surface area contributed by atoms with E-state index in [4.69, 9.17) is 10.2 Å². The summed E-state index contributed by atoms with van der Waals surface area (Å²) >= 11 is 0. The molecule has 5 nitrogen and oxygen atoms in total. The van der Waals surface area contributed by atoms with Crippen molar-refractivity contribution in [3.8, 4) is 0 Å². The van der Waals surface area contributed by atoms with Gasteiger partial charge in [0.05, 0.1) is 6.54 Å². The number of carboxylic acids is 2. The lowest BCUT2D eigenvalue weighted by atomic mass is 10.2. The molecule has 0 saturated heterocycles. The van der Waals surface area contributed by atoms with Crippen molar-refractivity contribution < 1.29 is 19.8 Å². The molecule has 0 aromatic heterocycles. The van der Waals surface area contributed by atoms with E-state index < -0.39 is 18.0 Å². The molecule has 0 saturated carbocycles. The SMILES string of the molecule is CCC/C=C/CC(NCC(=O)O)C(=O)O. The molecule has 0 heterocycles. The second-order valence-electron chi connectivity index (χ2n) is 3.16. The van der Waals surface area contributed by atoms with Crippen molar-refractivity contribution in [2.45, 2.75) is 32.2 Å². The van der Waals surface area contributed by atoms with Crippen LogP contribution in [0.25, 0.3) is 0 Å². The lowest BCUT2D eigenvalue weighted by Gasteiger charge is -2.09. The van der Waals surface area contributed by atoms with Crippen LogP contribution in [0.5, 0.6) is 0 Å². The van der Waals surface area contributed by atoms with Crippen LogP contribution in [0.3, 0.4) is 0 Å². The van der Waals surface area contributed by atoms with Crippen molar-refractivity contribution in [2.75, 3.05) is 6.54 Å². The summed E-state index contributed by atoms with van der Waals surface area (Å²) in [7, 11) is 0. The zero-order valence-electron chi connectivity index (χ0n) is 8.77. The molecule has 0 aliphatic heterocycles. The first kappa shape index (κ1) is 13.6. The molecule has 0 bridgehead atoms. The van der Waals surface area contributed by atoms with Crippen LogP contribution in [0.2, 0.25) is 0 Å². The molecule has 0 radical (unpaired) electrons. The zero-order chi connectivity index (χ0) is 11.7. The fourth-order valence-electron chi connectivity index (χ4n) is 0.999. The Bertz CT molecular complexity index is 238. The van der Waals surface area contributed by atoms with E-state index >= 15 is 0 Å². The normalized spacial score (nSPS) is 12.9. The van der Waals surface area contributed by atoms with E-state index in [0.29, 0.717) is 6.42 Å². The molecule has 1 unspecified atom stereocenters. The molecule has 86 valence electrons. The van der Waals surface area contributed by atoms with Gasteiger partial charge in [-0.1, -0.05) is 25.5 Å². The van der Waals surface area contributed by atoms with Crippen LogP contribution in [0.4, 0.5) is 0 Å². The Balaban J connectivity index is 3.94. The van der Waals surface area contributed by atoms with Crippen LogP contribution in [0, 0.1) is 0 Å². The van der Waals surface area contributed by atoms with Crippen LogP contribution >= 0.6 is 0 Å². The number of rotatable bonds is 8. The average Bonchev–Trinajstić information content (AvgIpc) is 2.15. The highest BCUT2D eigenvalue weighted by Gasteiger charge is 2.15. The third-order valence-corrected chi connectivity index (χ3v) is 1.79. The Kier molecular flexibility index (Phi) is 7.27. The molecule has 0 rings (SSSR count). The minimum atomic E-state index is -1.06. The average molecular weight is 215 g/mol. The number of allylic oxidation sites excluding steroid dienone is 1. The van der Waals surface area contributed by atoms with Gasteiger partial charge in [-0.05, 0) is 12.8 Å². The Morgan fingerprint density at radius 2 is 2.00 bits per heavy atom. The molecule has 0 spiro atoms. The van der Waals surface area contributed by atoms with E-state index in [2.05, 4.69) is 5.32 Å². The van der Waals surface area contributed by atoms with E-state index in [1.165, 1.54) is 0 Å². The van der Waals surface area contributed by atoms with Crippen molar-refractivity contribution in [3.05, 3.63) is 12.2 Å². The molecule has 0 aromatic rings. The van der Waals surface area contributed by atoms with Crippen LogP contribution in [0.1, 0.15) is 26.2 Å². The monoisotopic (exact) mass is 215 g/mol. The van der Waals surface area contributed by atoms with E-state index in [-0.39, 0.29) is 6.54 Å². The molecular weight excluding hydrogens is 198 g/mol.